The van der Waals surface area contributed by atoms with Crippen LogP contribution in [0.5, 0.6) is 0 Å². The number of rotatable bonds is 5. The van der Waals surface area contributed by atoms with Crippen molar-refractivity contribution in [3.05, 3.63) is 35.5 Å². The number of aromatic carboxylic acids is 1. The fraction of sp³-hybridized carbons (Fsp3) is 0.300. The van der Waals surface area contributed by atoms with E-state index in [4.69, 9.17) is 15.3 Å². The molecule has 7 heteroatoms. The van der Waals surface area contributed by atoms with Crippen LogP contribution in [0.25, 0.3) is 0 Å². The molecule has 0 aliphatic carbocycles. The van der Waals surface area contributed by atoms with E-state index in [1.54, 1.807) is 18.6 Å². The second-order valence-electron chi connectivity index (χ2n) is 3.52. The summed E-state index contributed by atoms with van der Waals surface area (Å²) in [5, 5.41) is 16.4. The third kappa shape index (κ3) is 2.34. The van der Waals surface area contributed by atoms with E-state index in [-0.39, 0.29) is 5.69 Å². The van der Waals surface area contributed by atoms with Crippen molar-refractivity contribution in [2.45, 2.75) is 13.0 Å². The third-order valence-electron chi connectivity index (χ3n) is 2.33. The molecular weight excluding hydrogens is 224 g/mol. The number of nitrogens with zero attached hydrogens (tertiary/aromatic N) is 3. The van der Waals surface area contributed by atoms with Gasteiger partial charge >= 0.3 is 5.97 Å². The summed E-state index contributed by atoms with van der Waals surface area (Å²) in [7, 11) is 0. The van der Waals surface area contributed by atoms with Gasteiger partial charge in [0.1, 0.15) is 0 Å². The molecule has 0 unspecified atom stereocenters. The Morgan fingerprint density at radius 1 is 1.59 bits per heavy atom. The van der Waals surface area contributed by atoms with Gasteiger partial charge in [0.25, 0.3) is 0 Å². The summed E-state index contributed by atoms with van der Waals surface area (Å²) in [5.74, 6) is -1.09. The fourth-order valence-electron chi connectivity index (χ4n) is 1.57. The molecule has 0 atom stereocenters. The smallest absolute Gasteiger partial charge is 0.358 e. The topological polar surface area (TPSA) is 107 Å². The Bertz CT molecular complexity index is 504. The molecule has 0 aliphatic heterocycles. The molecule has 0 saturated carbocycles. The molecule has 0 aliphatic rings. The largest absolute Gasteiger partial charge is 0.476 e. The highest BCUT2D eigenvalue weighted by Crippen LogP contribution is 2.10. The van der Waals surface area contributed by atoms with Crippen molar-refractivity contribution < 1.29 is 14.3 Å². The molecule has 17 heavy (non-hydrogen) atoms. The molecule has 0 bridgehead atoms. The van der Waals surface area contributed by atoms with Crippen LogP contribution in [0, 0.1) is 0 Å². The molecule has 2 rings (SSSR count). The number of aromatic nitrogens is 3. The molecule has 0 saturated heterocycles. The van der Waals surface area contributed by atoms with E-state index in [0.717, 1.165) is 5.56 Å². The zero-order valence-corrected chi connectivity index (χ0v) is 9.04. The molecule has 0 spiro atoms. The van der Waals surface area contributed by atoms with Crippen LogP contribution in [0.1, 0.15) is 21.7 Å². The first kappa shape index (κ1) is 11.3. The Hall–Kier alpha value is -2.15. The van der Waals surface area contributed by atoms with Crippen molar-refractivity contribution in [2.24, 2.45) is 5.73 Å². The van der Waals surface area contributed by atoms with Gasteiger partial charge in [-0.1, -0.05) is 5.21 Å². The van der Waals surface area contributed by atoms with Gasteiger partial charge in [-0.2, -0.15) is 0 Å². The normalized spacial score (nSPS) is 10.6. The van der Waals surface area contributed by atoms with E-state index < -0.39 is 5.97 Å². The molecule has 0 fully saturated rings. The SMILES string of the molecule is NCCc1c(C(=O)O)nnn1Cc1ccoc1. The first-order valence-corrected chi connectivity index (χ1v) is 5.09. The van der Waals surface area contributed by atoms with Crippen molar-refractivity contribution in [1.82, 2.24) is 15.0 Å². The van der Waals surface area contributed by atoms with Gasteiger partial charge in [0.05, 0.1) is 24.8 Å². The maximum Gasteiger partial charge on any atom is 0.358 e. The average molecular weight is 236 g/mol. The Morgan fingerprint density at radius 3 is 3.00 bits per heavy atom. The number of hydrogen-bond donors (Lipinski definition) is 2. The third-order valence-corrected chi connectivity index (χ3v) is 2.33. The zero-order valence-electron chi connectivity index (χ0n) is 9.04. The van der Waals surface area contributed by atoms with Crippen LogP contribution >= 0.6 is 0 Å². The van der Waals surface area contributed by atoms with Gasteiger partial charge in [-0.15, -0.1) is 5.10 Å². The van der Waals surface area contributed by atoms with Gasteiger partial charge in [-0.25, -0.2) is 9.48 Å². The van der Waals surface area contributed by atoms with Gasteiger partial charge in [0.2, 0.25) is 0 Å². The van der Waals surface area contributed by atoms with E-state index in [0.29, 0.717) is 25.2 Å². The first-order chi connectivity index (χ1) is 8.22. The van der Waals surface area contributed by atoms with Crippen molar-refractivity contribution in [2.75, 3.05) is 6.54 Å². The number of carbonyl (C=O) groups is 1. The molecule has 0 aromatic carbocycles. The molecule has 0 amide bonds. The van der Waals surface area contributed by atoms with Crippen molar-refractivity contribution in [3.63, 3.8) is 0 Å². The van der Waals surface area contributed by atoms with Gasteiger partial charge in [0, 0.05) is 12.0 Å². The van der Waals surface area contributed by atoms with E-state index in [1.165, 1.54) is 4.68 Å². The molecule has 2 aromatic heterocycles. The monoisotopic (exact) mass is 236 g/mol. The second kappa shape index (κ2) is 4.79. The highest BCUT2D eigenvalue weighted by atomic mass is 16.4. The minimum absolute atomic E-state index is 0.0426. The Balaban J connectivity index is 2.30. The van der Waals surface area contributed by atoms with Crippen LogP contribution in [0.15, 0.2) is 23.0 Å². The number of nitrogens with two attached hydrogens (primary N) is 1. The maximum atomic E-state index is 10.9. The van der Waals surface area contributed by atoms with E-state index in [2.05, 4.69) is 10.3 Å². The van der Waals surface area contributed by atoms with Crippen molar-refractivity contribution >= 4 is 5.97 Å². The highest BCUT2D eigenvalue weighted by molar-refractivity contribution is 5.86. The lowest BCUT2D eigenvalue weighted by molar-refractivity contribution is 0.0689. The van der Waals surface area contributed by atoms with Crippen LogP contribution < -0.4 is 5.73 Å². The molecule has 90 valence electrons. The summed E-state index contributed by atoms with van der Waals surface area (Å²) in [5.41, 5.74) is 6.83. The van der Waals surface area contributed by atoms with Gasteiger partial charge in [-0.3, -0.25) is 0 Å². The lowest BCUT2D eigenvalue weighted by Crippen LogP contribution is -2.13. The lowest BCUT2D eigenvalue weighted by atomic mass is 10.2. The predicted molar refractivity (Wildman–Crippen MR) is 57.5 cm³/mol. The fourth-order valence-corrected chi connectivity index (χ4v) is 1.57. The summed E-state index contributed by atoms with van der Waals surface area (Å²) in [6.45, 7) is 0.769. The molecule has 7 nitrogen and oxygen atoms in total. The molecule has 0 radical (unpaired) electrons. The van der Waals surface area contributed by atoms with E-state index in [9.17, 15) is 4.79 Å². The van der Waals surface area contributed by atoms with Crippen LogP contribution in [0.4, 0.5) is 0 Å². The second-order valence-corrected chi connectivity index (χ2v) is 3.52. The lowest BCUT2D eigenvalue weighted by Gasteiger charge is -2.03. The van der Waals surface area contributed by atoms with Crippen molar-refractivity contribution in [1.29, 1.82) is 0 Å². The molecule has 3 N–H and O–H groups in total. The van der Waals surface area contributed by atoms with E-state index >= 15 is 0 Å². The maximum absolute atomic E-state index is 10.9. The van der Waals surface area contributed by atoms with Gasteiger partial charge in [0.15, 0.2) is 5.69 Å². The highest BCUT2D eigenvalue weighted by Gasteiger charge is 2.18. The summed E-state index contributed by atoms with van der Waals surface area (Å²) in [6.07, 6.45) is 3.55. The molecule has 2 aromatic rings. The number of furan rings is 1. The zero-order chi connectivity index (χ0) is 12.3. The van der Waals surface area contributed by atoms with Crippen LogP contribution in [0.3, 0.4) is 0 Å². The summed E-state index contributed by atoms with van der Waals surface area (Å²) in [4.78, 5) is 10.9. The Morgan fingerprint density at radius 2 is 2.41 bits per heavy atom. The summed E-state index contributed by atoms with van der Waals surface area (Å²) >= 11 is 0. The molecule has 2 heterocycles. The first-order valence-electron chi connectivity index (χ1n) is 5.09. The standard InChI is InChI=1S/C10H12N4O3/c11-3-1-8-9(10(15)16)12-13-14(8)5-7-2-4-17-6-7/h2,4,6H,1,3,5,11H2,(H,15,16). The van der Waals surface area contributed by atoms with Crippen LogP contribution in [-0.2, 0) is 13.0 Å². The van der Waals surface area contributed by atoms with Gasteiger partial charge in [-0.05, 0) is 12.6 Å². The van der Waals surface area contributed by atoms with Gasteiger partial charge < -0.3 is 15.3 Å². The Labute approximate surface area is 96.8 Å². The quantitative estimate of drug-likeness (QED) is 0.763. The van der Waals surface area contributed by atoms with Crippen LogP contribution in [-0.4, -0.2) is 32.6 Å². The minimum Gasteiger partial charge on any atom is -0.476 e. The Kier molecular flexibility index (Phi) is 3.20. The number of hydrogen-bond acceptors (Lipinski definition) is 5. The molecular formula is C10H12N4O3. The number of carboxylic acid groups (broad SMARTS) is 1. The summed E-state index contributed by atoms with van der Waals surface area (Å²) < 4.78 is 6.47. The average Bonchev–Trinajstić information content (AvgIpc) is 2.90. The van der Waals surface area contributed by atoms with Crippen LogP contribution in [0.2, 0.25) is 0 Å². The van der Waals surface area contributed by atoms with Crippen molar-refractivity contribution in [3.8, 4) is 0 Å². The number of carboxylic acids is 1. The summed E-state index contributed by atoms with van der Waals surface area (Å²) in [6, 6.07) is 1.79. The minimum atomic E-state index is -1.09. The predicted octanol–water partition coefficient (Wildman–Crippen LogP) is 0.119. The van der Waals surface area contributed by atoms with E-state index in [1.807, 2.05) is 0 Å².